The number of amides is 1. The Morgan fingerprint density at radius 3 is 2.61 bits per heavy atom. The number of carbonyl (C=O) groups excluding carboxylic acids is 1. The first-order valence-corrected chi connectivity index (χ1v) is 15.4. The standard InChI is InChI=1S/C31H42N2O4S/c1-22-9-6-7-13-26(22)28-19-23(14-15-27(28)30(34)32-29(31(35)36)16-18-38-2)20-33-17-8-10-24(33)21-37-25-11-4-3-5-12-25/h6-7,9,13-15,19,24-25,29H,3-5,8,10-12,16-18,20-21H2,1-2H3,(H,32,34)(H,35,36)/t24-,29-/m0/s1. The molecule has 7 heteroatoms. The smallest absolute Gasteiger partial charge is 0.326 e. The van der Waals surface area contributed by atoms with Crippen LogP contribution in [0.25, 0.3) is 11.1 Å². The molecule has 38 heavy (non-hydrogen) atoms. The summed E-state index contributed by atoms with van der Waals surface area (Å²) in [5.41, 5.74) is 4.59. The number of benzene rings is 2. The summed E-state index contributed by atoms with van der Waals surface area (Å²) in [5.74, 6) is -0.678. The van der Waals surface area contributed by atoms with Gasteiger partial charge >= 0.3 is 5.97 Å². The highest BCUT2D eigenvalue weighted by Gasteiger charge is 2.27. The maximum atomic E-state index is 13.4. The SMILES string of the molecule is CSCC[C@H](NC(=O)c1ccc(CN2CCC[C@H]2COC2CCCCC2)cc1-c1ccccc1C)C(=O)O. The zero-order valence-corrected chi connectivity index (χ0v) is 23.6. The van der Waals surface area contributed by atoms with Gasteiger partial charge in [-0.3, -0.25) is 9.69 Å². The molecular formula is C31H42N2O4S. The topological polar surface area (TPSA) is 78.9 Å². The van der Waals surface area contributed by atoms with Crippen molar-refractivity contribution in [1.29, 1.82) is 0 Å². The Labute approximate surface area is 231 Å². The number of nitrogens with zero attached hydrogens (tertiary/aromatic N) is 1. The molecule has 2 aromatic rings. The number of rotatable bonds is 12. The molecule has 1 amide bonds. The highest BCUT2D eigenvalue weighted by Crippen LogP contribution is 2.30. The van der Waals surface area contributed by atoms with Gasteiger partial charge < -0.3 is 15.2 Å². The molecule has 2 atom stereocenters. The average Bonchev–Trinajstić information content (AvgIpc) is 3.37. The zero-order valence-electron chi connectivity index (χ0n) is 22.8. The van der Waals surface area contributed by atoms with Crippen LogP contribution in [0, 0.1) is 6.92 Å². The number of carbonyl (C=O) groups is 2. The van der Waals surface area contributed by atoms with Crippen LogP contribution in [0.15, 0.2) is 42.5 Å². The first-order valence-electron chi connectivity index (χ1n) is 14.0. The number of likely N-dealkylation sites (tertiary alicyclic amines) is 1. The number of thioether (sulfide) groups is 1. The molecule has 1 aliphatic heterocycles. The van der Waals surface area contributed by atoms with Gasteiger partial charge in [0.15, 0.2) is 0 Å². The molecule has 2 fully saturated rings. The van der Waals surface area contributed by atoms with Crippen molar-refractivity contribution >= 4 is 23.6 Å². The van der Waals surface area contributed by atoms with E-state index < -0.39 is 12.0 Å². The van der Waals surface area contributed by atoms with Crippen molar-refractivity contribution in [3.63, 3.8) is 0 Å². The van der Waals surface area contributed by atoms with Gasteiger partial charge in [0.05, 0.1) is 12.7 Å². The minimum absolute atomic E-state index is 0.344. The Morgan fingerprint density at radius 2 is 1.87 bits per heavy atom. The molecule has 6 nitrogen and oxygen atoms in total. The van der Waals surface area contributed by atoms with Gasteiger partial charge in [-0.2, -0.15) is 11.8 Å². The van der Waals surface area contributed by atoms with E-state index in [2.05, 4.69) is 16.3 Å². The number of aliphatic carboxylic acids is 1. The van der Waals surface area contributed by atoms with Crippen LogP contribution in [0.3, 0.4) is 0 Å². The molecule has 4 rings (SSSR count). The predicted octanol–water partition coefficient (Wildman–Crippen LogP) is 5.91. The first kappa shape index (κ1) is 28.7. The normalized spacial score (nSPS) is 19.4. The molecule has 1 heterocycles. The highest BCUT2D eigenvalue weighted by atomic mass is 32.2. The lowest BCUT2D eigenvalue weighted by Gasteiger charge is -2.28. The minimum Gasteiger partial charge on any atom is -0.480 e. The van der Waals surface area contributed by atoms with E-state index in [1.165, 1.54) is 38.5 Å². The molecule has 1 aliphatic carbocycles. The lowest BCUT2D eigenvalue weighted by Crippen LogP contribution is -2.41. The van der Waals surface area contributed by atoms with Crippen LogP contribution in [-0.4, -0.2) is 65.2 Å². The molecule has 2 aromatic carbocycles. The Balaban J connectivity index is 1.53. The van der Waals surface area contributed by atoms with Crippen LogP contribution in [-0.2, 0) is 16.1 Å². The third-order valence-electron chi connectivity index (χ3n) is 7.94. The Kier molecular flexibility index (Phi) is 10.7. The van der Waals surface area contributed by atoms with Gasteiger partial charge in [-0.05, 0) is 92.0 Å². The molecule has 0 bridgehead atoms. The van der Waals surface area contributed by atoms with Crippen molar-refractivity contribution in [1.82, 2.24) is 10.2 Å². The molecule has 0 radical (unpaired) electrons. The van der Waals surface area contributed by atoms with Gasteiger partial charge in [-0.1, -0.05) is 49.6 Å². The van der Waals surface area contributed by atoms with Crippen molar-refractivity contribution in [2.24, 2.45) is 0 Å². The average molecular weight is 539 g/mol. The van der Waals surface area contributed by atoms with Crippen LogP contribution in [0.2, 0.25) is 0 Å². The number of carboxylic acids is 1. The monoisotopic (exact) mass is 538 g/mol. The highest BCUT2D eigenvalue weighted by molar-refractivity contribution is 7.98. The number of hydrogen-bond donors (Lipinski definition) is 2. The van der Waals surface area contributed by atoms with Crippen LogP contribution in [0.5, 0.6) is 0 Å². The molecule has 2 N–H and O–H groups in total. The molecule has 2 aliphatic rings. The van der Waals surface area contributed by atoms with Gasteiger partial charge in [0.2, 0.25) is 0 Å². The van der Waals surface area contributed by atoms with Gasteiger partial charge in [0.25, 0.3) is 5.91 Å². The molecule has 0 spiro atoms. The second-order valence-electron chi connectivity index (χ2n) is 10.7. The Bertz CT molecular complexity index is 1090. The minimum atomic E-state index is -1.00. The molecular weight excluding hydrogens is 496 g/mol. The lowest BCUT2D eigenvalue weighted by molar-refractivity contribution is -0.139. The number of nitrogens with one attached hydrogen (secondary N) is 1. The van der Waals surface area contributed by atoms with E-state index in [1.807, 2.05) is 49.6 Å². The second-order valence-corrected chi connectivity index (χ2v) is 11.7. The van der Waals surface area contributed by atoms with Gasteiger partial charge in [-0.15, -0.1) is 0 Å². The first-order chi connectivity index (χ1) is 18.5. The van der Waals surface area contributed by atoms with Gasteiger partial charge in [-0.25, -0.2) is 4.79 Å². The van der Waals surface area contributed by atoms with Crippen LogP contribution >= 0.6 is 11.8 Å². The van der Waals surface area contributed by atoms with E-state index in [9.17, 15) is 14.7 Å². The maximum absolute atomic E-state index is 13.4. The quantitative estimate of drug-likeness (QED) is 0.350. The van der Waals surface area contributed by atoms with Crippen LogP contribution in [0.1, 0.15) is 72.9 Å². The zero-order chi connectivity index (χ0) is 26.9. The van der Waals surface area contributed by atoms with E-state index in [0.717, 1.165) is 48.4 Å². The Morgan fingerprint density at radius 1 is 1.08 bits per heavy atom. The van der Waals surface area contributed by atoms with E-state index in [0.29, 0.717) is 29.9 Å². The molecule has 206 valence electrons. The predicted molar refractivity (Wildman–Crippen MR) is 155 cm³/mol. The third kappa shape index (κ3) is 7.61. The summed E-state index contributed by atoms with van der Waals surface area (Å²) < 4.78 is 6.33. The number of hydrogen-bond acceptors (Lipinski definition) is 5. The summed E-state index contributed by atoms with van der Waals surface area (Å²) in [7, 11) is 0. The number of carboxylic acid groups (broad SMARTS) is 1. The van der Waals surface area contributed by atoms with Crippen LogP contribution in [0.4, 0.5) is 0 Å². The fourth-order valence-corrected chi connectivity index (χ4v) is 6.19. The third-order valence-corrected chi connectivity index (χ3v) is 8.58. The molecule has 0 unspecified atom stereocenters. The van der Waals surface area contributed by atoms with Crippen LogP contribution < -0.4 is 5.32 Å². The van der Waals surface area contributed by atoms with Crippen molar-refractivity contribution in [3.05, 3.63) is 59.2 Å². The summed E-state index contributed by atoms with van der Waals surface area (Å²) in [6.07, 6.45) is 11.4. The number of ether oxygens (including phenoxy) is 1. The van der Waals surface area contributed by atoms with Crippen molar-refractivity contribution in [3.8, 4) is 11.1 Å². The van der Waals surface area contributed by atoms with E-state index in [-0.39, 0.29) is 5.91 Å². The van der Waals surface area contributed by atoms with Gasteiger partial charge in [0, 0.05) is 18.2 Å². The van der Waals surface area contributed by atoms with Crippen molar-refractivity contribution in [2.45, 2.75) is 83.0 Å². The summed E-state index contributed by atoms with van der Waals surface area (Å²) >= 11 is 1.57. The van der Waals surface area contributed by atoms with Crippen molar-refractivity contribution in [2.75, 3.05) is 25.2 Å². The summed E-state index contributed by atoms with van der Waals surface area (Å²) in [6, 6.07) is 13.6. The summed E-state index contributed by atoms with van der Waals surface area (Å²) in [5, 5.41) is 12.4. The maximum Gasteiger partial charge on any atom is 0.326 e. The lowest BCUT2D eigenvalue weighted by atomic mass is 9.93. The van der Waals surface area contributed by atoms with E-state index in [4.69, 9.17) is 4.74 Å². The Hall–Kier alpha value is -2.35. The number of aryl methyl sites for hydroxylation is 1. The van der Waals surface area contributed by atoms with E-state index in [1.54, 1.807) is 11.8 Å². The summed E-state index contributed by atoms with van der Waals surface area (Å²) in [6.45, 7) is 4.70. The van der Waals surface area contributed by atoms with Crippen molar-refractivity contribution < 1.29 is 19.4 Å². The summed E-state index contributed by atoms with van der Waals surface area (Å²) in [4.78, 5) is 27.7. The fraction of sp³-hybridized carbons (Fsp3) is 0.548. The van der Waals surface area contributed by atoms with Gasteiger partial charge in [0.1, 0.15) is 6.04 Å². The second kappa shape index (κ2) is 14.2. The largest absolute Gasteiger partial charge is 0.480 e. The molecule has 1 saturated heterocycles. The molecule has 0 aromatic heterocycles. The van der Waals surface area contributed by atoms with E-state index >= 15 is 0 Å². The molecule has 1 saturated carbocycles. The fourth-order valence-electron chi connectivity index (χ4n) is 5.72.